The molecule has 0 saturated heterocycles. The first kappa shape index (κ1) is 15.0. The number of rotatable bonds is 4. The van der Waals surface area contributed by atoms with E-state index in [4.69, 9.17) is 0 Å². The van der Waals surface area contributed by atoms with Gasteiger partial charge in [0.15, 0.2) is 0 Å². The summed E-state index contributed by atoms with van der Waals surface area (Å²) in [5.74, 6) is 0. The van der Waals surface area contributed by atoms with Gasteiger partial charge in [0, 0.05) is 10.2 Å². The van der Waals surface area contributed by atoms with Gasteiger partial charge in [-0.25, -0.2) is 8.42 Å². The summed E-state index contributed by atoms with van der Waals surface area (Å²) < 4.78 is 27.9. The molecule has 0 heterocycles. The zero-order valence-electron chi connectivity index (χ0n) is 10.8. The second-order valence-corrected chi connectivity index (χ2v) is 6.80. The first-order chi connectivity index (χ1) is 9.44. The number of anilines is 1. The van der Waals surface area contributed by atoms with E-state index in [0.717, 1.165) is 5.56 Å². The van der Waals surface area contributed by atoms with Crippen molar-refractivity contribution < 1.29 is 13.5 Å². The van der Waals surface area contributed by atoms with Crippen molar-refractivity contribution in [2.75, 3.05) is 4.72 Å². The van der Waals surface area contributed by atoms with Crippen LogP contribution in [0.25, 0.3) is 0 Å². The highest BCUT2D eigenvalue weighted by Crippen LogP contribution is 2.28. The van der Waals surface area contributed by atoms with Gasteiger partial charge in [0.05, 0.1) is 6.61 Å². The molecule has 106 valence electrons. The lowest BCUT2D eigenvalue weighted by Crippen LogP contribution is -2.14. The van der Waals surface area contributed by atoms with Gasteiger partial charge in [-0.2, -0.15) is 0 Å². The predicted octanol–water partition coefficient (Wildman–Crippen LogP) is 3.05. The van der Waals surface area contributed by atoms with Crippen LogP contribution in [0.3, 0.4) is 0 Å². The van der Waals surface area contributed by atoms with Gasteiger partial charge in [0.1, 0.15) is 4.90 Å². The van der Waals surface area contributed by atoms with Crippen molar-refractivity contribution in [2.45, 2.75) is 18.4 Å². The van der Waals surface area contributed by atoms with E-state index in [2.05, 4.69) is 20.7 Å². The number of aliphatic hydroxyl groups is 1. The summed E-state index contributed by atoms with van der Waals surface area (Å²) in [4.78, 5) is 0.116. The molecule has 0 aliphatic heterocycles. The minimum Gasteiger partial charge on any atom is -0.392 e. The minimum atomic E-state index is -3.71. The minimum absolute atomic E-state index is 0.116. The van der Waals surface area contributed by atoms with Crippen LogP contribution in [0, 0.1) is 6.92 Å². The van der Waals surface area contributed by atoms with Gasteiger partial charge < -0.3 is 5.11 Å². The van der Waals surface area contributed by atoms with Crippen molar-refractivity contribution in [3.63, 3.8) is 0 Å². The molecular weight excluding hydrogens is 342 g/mol. The summed E-state index contributed by atoms with van der Waals surface area (Å²) in [5.41, 5.74) is 1.80. The Kier molecular flexibility index (Phi) is 4.47. The summed E-state index contributed by atoms with van der Waals surface area (Å²) in [6.45, 7) is 1.58. The Morgan fingerprint density at radius 1 is 1.20 bits per heavy atom. The van der Waals surface area contributed by atoms with Crippen molar-refractivity contribution in [2.24, 2.45) is 0 Å². The van der Waals surface area contributed by atoms with Crippen LogP contribution in [0.1, 0.15) is 11.1 Å². The summed E-state index contributed by atoms with van der Waals surface area (Å²) in [6, 6.07) is 11.9. The summed E-state index contributed by atoms with van der Waals surface area (Å²) in [5, 5.41) is 9.20. The lowest BCUT2D eigenvalue weighted by molar-refractivity contribution is 0.281. The van der Waals surface area contributed by atoms with E-state index in [1.54, 1.807) is 37.3 Å². The van der Waals surface area contributed by atoms with E-state index in [1.807, 2.05) is 6.07 Å². The number of halogens is 1. The van der Waals surface area contributed by atoms with Crippen LogP contribution in [-0.2, 0) is 16.6 Å². The molecule has 0 atom stereocenters. The largest absolute Gasteiger partial charge is 0.392 e. The average Bonchev–Trinajstić information content (AvgIpc) is 2.42. The highest BCUT2D eigenvalue weighted by atomic mass is 79.9. The van der Waals surface area contributed by atoms with E-state index in [0.29, 0.717) is 15.7 Å². The van der Waals surface area contributed by atoms with Gasteiger partial charge in [0.25, 0.3) is 10.0 Å². The fourth-order valence-corrected chi connectivity index (χ4v) is 3.94. The Morgan fingerprint density at radius 3 is 2.45 bits per heavy atom. The van der Waals surface area contributed by atoms with Crippen LogP contribution >= 0.6 is 15.9 Å². The molecule has 0 fully saturated rings. The zero-order valence-corrected chi connectivity index (χ0v) is 13.2. The molecule has 2 aromatic rings. The Bertz CT molecular complexity index is 715. The first-order valence-corrected chi connectivity index (χ1v) is 8.19. The highest BCUT2D eigenvalue weighted by Gasteiger charge is 2.20. The number of nitrogens with one attached hydrogen (secondary N) is 1. The molecular formula is C14H14BrNO3S. The van der Waals surface area contributed by atoms with Crippen LogP contribution in [0.4, 0.5) is 5.69 Å². The number of hydrogen-bond acceptors (Lipinski definition) is 3. The van der Waals surface area contributed by atoms with Crippen LogP contribution in [0.15, 0.2) is 51.8 Å². The molecule has 0 bridgehead atoms. The summed E-state index contributed by atoms with van der Waals surface area (Å²) in [7, 11) is -3.71. The number of sulfonamides is 1. The maximum atomic E-state index is 12.4. The molecule has 0 saturated carbocycles. The van der Waals surface area contributed by atoms with Crippen molar-refractivity contribution in [1.29, 1.82) is 0 Å². The molecule has 6 heteroatoms. The second-order valence-electron chi connectivity index (χ2n) is 4.35. The summed E-state index contributed by atoms with van der Waals surface area (Å²) >= 11 is 3.29. The lowest BCUT2D eigenvalue weighted by Gasteiger charge is -2.12. The van der Waals surface area contributed by atoms with Crippen LogP contribution in [0.2, 0.25) is 0 Å². The van der Waals surface area contributed by atoms with Gasteiger partial charge in [-0.05, 0) is 52.2 Å². The molecule has 0 amide bonds. The Balaban J connectivity index is 2.47. The maximum Gasteiger partial charge on any atom is 0.263 e. The van der Waals surface area contributed by atoms with Crippen molar-refractivity contribution >= 4 is 31.6 Å². The molecule has 2 aromatic carbocycles. The molecule has 0 aromatic heterocycles. The number of hydrogen-bond donors (Lipinski definition) is 2. The molecule has 2 N–H and O–H groups in total. The zero-order chi connectivity index (χ0) is 14.8. The monoisotopic (exact) mass is 355 g/mol. The van der Waals surface area contributed by atoms with Crippen molar-refractivity contribution in [3.8, 4) is 0 Å². The van der Waals surface area contributed by atoms with E-state index in [1.165, 1.54) is 6.07 Å². The topological polar surface area (TPSA) is 66.4 Å². The van der Waals surface area contributed by atoms with E-state index in [-0.39, 0.29) is 11.5 Å². The fourth-order valence-electron chi connectivity index (χ4n) is 1.81. The van der Waals surface area contributed by atoms with E-state index < -0.39 is 10.0 Å². The molecule has 0 radical (unpaired) electrons. The highest BCUT2D eigenvalue weighted by molar-refractivity contribution is 9.10. The van der Waals surface area contributed by atoms with Gasteiger partial charge in [-0.15, -0.1) is 0 Å². The Labute approximate surface area is 126 Å². The van der Waals surface area contributed by atoms with Crippen LogP contribution < -0.4 is 4.72 Å². The van der Waals surface area contributed by atoms with E-state index in [9.17, 15) is 13.5 Å². The molecule has 0 spiro atoms. The average molecular weight is 356 g/mol. The second kappa shape index (κ2) is 5.95. The number of aliphatic hydroxyl groups excluding tert-OH is 1. The standard InChI is InChI=1S/C14H14BrNO3S/c1-10-7-11(9-17)8-13(14(10)15)20(18,19)16-12-5-3-2-4-6-12/h2-8,16-17H,9H2,1H3. The Morgan fingerprint density at radius 2 is 1.85 bits per heavy atom. The first-order valence-electron chi connectivity index (χ1n) is 5.92. The third kappa shape index (κ3) is 3.20. The predicted molar refractivity (Wildman–Crippen MR) is 82.1 cm³/mol. The quantitative estimate of drug-likeness (QED) is 0.885. The Hall–Kier alpha value is -1.37. The lowest BCUT2D eigenvalue weighted by atomic mass is 10.1. The van der Waals surface area contributed by atoms with Gasteiger partial charge in [-0.1, -0.05) is 24.3 Å². The molecule has 0 aliphatic rings. The molecule has 20 heavy (non-hydrogen) atoms. The number of benzene rings is 2. The SMILES string of the molecule is Cc1cc(CO)cc(S(=O)(=O)Nc2ccccc2)c1Br. The third-order valence-electron chi connectivity index (χ3n) is 2.78. The molecule has 4 nitrogen and oxygen atoms in total. The van der Waals surface area contributed by atoms with Crippen molar-refractivity contribution in [1.82, 2.24) is 0 Å². The smallest absolute Gasteiger partial charge is 0.263 e. The normalized spacial score (nSPS) is 11.3. The van der Waals surface area contributed by atoms with Crippen LogP contribution in [0.5, 0.6) is 0 Å². The van der Waals surface area contributed by atoms with E-state index >= 15 is 0 Å². The molecule has 0 unspecified atom stereocenters. The van der Waals surface area contributed by atoms with Gasteiger partial charge in [0.2, 0.25) is 0 Å². The van der Waals surface area contributed by atoms with Gasteiger partial charge in [-0.3, -0.25) is 4.72 Å². The van der Waals surface area contributed by atoms with Crippen LogP contribution in [-0.4, -0.2) is 13.5 Å². The number of para-hydroxylation sites is 1. The fraction of sp³-hybridized carbons (Fsp3) is 0.143. The third-order valence-corrected chi connectivity index (χ3v) is 5.50. The maximum absolute atomic E-state index is 12.4. The van der Waals surface area contributed by atoms with Crippen molar-refractivity contribution in [3.05, 3.63) is 58.1 Å². The molecule has 0 aliphatic carbocycles. The molecule has 2 rings (SSSR count). The van der Waals surface area contributed by atoms with Gasteiger partial charge >= 0.3 is 0 Å². The summed E-state index contributed by atoms with van der Waals surface area (Å²) in [6.07, 6.45) is 0. The number of aryl methyl sites for hydroxylation is 1.